The van der Waals surface area contributed by atoms with Gasteiger partial charge in [0.2, 0.25) is 11.8 Å². The van der Waals surface area contributed by atoms with E-state index in [1.807, 2.05) is 37.3 Å². The topological polar surface area (TPSA) is 49.4 Å². The highest BCUT2D eigenvalue weighted by Gasteiger charge is 2.49. The summed E-state index contributed by atoms with van der Waals surface area (Å²) in [6.45, 7) is 2.49. The minimum Gasteiger partial charge on any atom is -0.325 e. The number of carbonyl (C=O) groups excluding carboxylic acids is 2. The van der Waals surface area contributed by atoms with E-state index in [0.717, 1.165) is 5.69 Å². The lowest BCUT2D eigenvalue weighted by Gasteiger charge is -2.21. The molecule has 1 aliphatic carbocycles. The summed E-state index contributed by atoms with van der Waals surface area (Å²) in [6.07, 6.45) is 0.555. The Morgan fingerprint density at radius 1 is 1.12 bits per heavy atom. The van der Waals surface area contributed by atoms with Crippen LogP contribution in [0.1, 0.15) is 13.3 Å². The molecule has 0 saturated heterocycles. The van der Waals surface area contributed by atoms with Gasteiger partial charge in [0.15, 0.2) is 0 Å². The van der Waals surface area contributed by atoms with Crippen LogP contribution in [0.25, 0.3) is 0 Å². The summed E-state index contributed by atoms with van der Waals surface area (Å²) in [6, 6.07) is 14.4. The SMILES string of the molecule is CCN(C(=O)C1CC1C(=O)Nc1ccc(Cl)cc1Cl)c1ccccc1. The molecule has 0 bridgehead atoms. The van der Waals surface area contributed by atoms with Crippen LogP contribution in [-0.2, 0) is 9.59 Å². The number of nitrogens with one attached hydrogen (secondary N) is 1. The second-order valence-electron chi connectivity index (χ2n) is 5.98. The predicted molar refractivity (Wildman–Crippen MR) is 101 cm³/mol. The van der Waals surface area contributed by atoms with E-state index < -0.39 is 0 Å². The summed E-state index contributed by atoms with van der Waals surface area (Å²) in [5, 5.41) is 3.66. The van der Waals surface area contributed by atoms with E-state index in [0.29, 0.717) is 28.7 Å². The summed E-state index contributed by atoms with van der Waals surface area (Å²) >= 11 is 11.9. The third-order valence-corrected chi connectivity index (χ3v) is 4.83. The summed E-state index contributed by atoms with van der Waals surface area (Å²) < 4.78 is 0. The maximum Gasteiger partial charge on any atom is 0.230 e. The molecule has 1 saturated carbocycles. The molecule has 0 aromatic heterocycles. The monoisotopic (exact) mass is 376 g/mol. The number of rotatable bonds is 5. The molecule has 2 atom stereocenters. The molecule has 2 unspecified atom stereocenters. The molecule has 6 heteroatoms. The first-order valence-electron chi connectivity index (χ1n) is 8.13. The van der Waals surface area contributed by atoms with Gasteiger partial charge in [-0.3, -0.25) is 9.59 Å². The lowest BCUT2D eigenvalue weighted by Crippen LogP contribution is -2.33. The van der Waals surface area contributed by atoms with Crippen LogP contribution in [-0.4, -0.2) is 18.4 Å². The van der Waals surface area contributed by atoms with E-state index in [-0.39, 0.29) is 23.7 Å². The van der Waals surface area contributed by atoms with E-state index in [2.05, 4.69) is 5.32 Å². The van der Waals surface area contributed by atoms with Crippen LogP contribution < -0.4 is 10.2 Å². The molecule has 0 heterocycles. The fourth-order valence-electron chi connectivity index (χ4n) is 2.85. The summed E-state index contributed by atoms with van der Waals surface area (Å²) in [5.41, 5.74) is 1.35. The second kappa shape index (κ2) is 7.46. The first-order chi connectivity index (χ1) is 12.0. The highest BCUT2D eigenvalue weighted by Crippen LogP contribution is 2.42. The minimum absolute atomic E-state index is 0.0175. The second-order valence-corrected chi connectivity index (χ2v) is 6.82. The number of hydrogen-bond acceptors (Lipinski definition) is 2. The van der Waals surface area contributed by atoms with E-state index in [9.17, 15) is 9.59 Å². The number of carbonyl (C=O) groups is 2. The molecule has 3 rings (SSSR count). The molecule has 0 aliphatic heterocycles. The average Bonchev–Trinajstić information content (AvgIpc) is 3.40. The minimum atomic E-state index is -0.322. The van der Waals surface area contributed by atoms with Gasteiger partial charge in [-0.1, -0.05) is 41.4 Å². The zero-order chi connectivity index (χ0) is 18.0. The van der Waals surface area contributed by atoms with Gasteiger partial charge in [0, 0.05) is 17.3 Å². The van der Waals surface area contributed by atoms with Gasteiger partial charge in [0.1, 0.15) is 0 Å². The van der Waals surface area contributed by atoms with Crippen molar-refractivity contribution < 1.29 is 9.59 Å². The van der Waals surface area contributed by atoms with Crippen molar-refractivity contribution in [3.63, 3.8) is 0 Å². The van der Waals surface area contributed by atoms with Gasteiger partial charge in [0.05, 0.1) is 22.5 Å². The van der Waals surface area contributed by atoms with Gasteiger partial charge in [-0.15, -0.1) is 0 Å². The van der Waals surface area contributed by atoms with E-state index in [1.54, 1.807) is 23.1 Å². The molecule has 2 aromatic carbocycles. The maximum atomic E-state index is 12.7. The van der Waals surface area contributed by atoms with Crippen LogP contribution in [0.2, 0.25) is 10.0 Å². The fourth-order valence-corrected chi connectivity index (χ4v) is 3.30. The lowest BCUT2D eigenvalue weighted by molar-refractivity contribution is -0.123. The van der Waals surface area contributed by atoms with Crippen molar-refractivity contribution in [2.75, 3.05) is 16.8 Å². The molecule has 1 fully saturated rings. The van der Waals surface area contributed by atoms with Crippen molar-refractivity contribution in [1.82, 2.24) is 0 Å². The predicted octanol–water partition coefficient (Wildman–Crippen LogP) is 4.62. The Kier molecular flexibility index (Phi) is 5.30. The van der Waals surface area contributed by atoms with Gasteiger partial charge in [-0.05, 0) is 43.7 Å². The quantitative estimate of drug-likeness (QED) is 0.827. The Morgan fingerprint density at radius 3 is 2.48 bits per heavy atom. The number of para-hydroxylation sites is 1. The Bertz CT molecular complexity index is 795. The van der Waals surface area contributed by atoms with Gasteiger partial charge in [-0.2, -0.15) is 0 Å². The van der Waals surface area contributed by atoms with Crippen molar-refractivity contribution in [3.8, 4) is 0 Å². The number of nitrogens with zero attached hydrogens (tertiary/aromatic N) is 1. The third kappa shape index (κ3) is 3.97. The molecule has 0 spiro atoms. The molecule has 25 heavy (non-hydrogen) atoms. The summed E-state index contributed by atoms with van der Waals surface area (Å²) in [5.74, 6) is -0.814. The molecule has 1 N–H and O–H groups in total. The summed E-state index contributed by atoms with van der Waals surface area (Å²) in [4.78, 5) is 26.8. The largest absolute Gasteiger partial charge is 0.325 e. The van der Waals surface area contributed by atoms with Crippen LogP contribution in [0, 0.1) is 11.8 Å². The first-order valence-corrected chi connectivity index (χ1v) is 8.89. The average molecular weight is 377 g/mol. The van der Waals surface area contributed by atoms with Crippen molar-refractivity contribution in [3.05, 3.63) is 58.6 Å². The maximum absolute atomic E-state index is 12.7. The van der Waals surface area contributed by atoms with Gasteiger partial charge < -0.3 is 10.2 Å². The zero-order valence-electron chi connectivity index (χ0n) is 13.7. The number of hydrogen-bond donors (Lipinski definition) is 1. The lowest BCUT2D eigenvalue weighted by atomic mass is 10.2. The summed E-state index contributed by atoms with van der Waals surface area (Å²) in [7, 11) is 0. The Morgan fingerprint density at radius 2 is 1.84 bits per heavy atom. The third-order valence-electron chi connectivity index (χ3n) is 4.28. The standard InChI is InChI=1S/C19H18Cl2N2O2/c1-2-23(13-6-4-3-5-7-13)19(25)15-11-14(15)18(24)22-17-9-8-12(20)10-16(17)21/h3-10,14-15H,2,11H2,1H3,(H,22,24). The van der Waals surface area contributed by atoms with Crippen molar-refractivity contribution >= 4 is 46.4 Å². The van der Waals surface area contributed by atoms with Crippen LogP contribution in [0.5, 0.6) is 0 Å². The van der Waals surface area contributed by atoms with Gasteiger partial charge in [-0.25, -0.2) is 0 Å². The van der Waals surface area contributed by atoms with Crippen LogP contribution in [0.15, 0.2) is 48.5 Å². The number of halogens is 2. The zero-order valence-corrected chi connectivity index (χ0v) is 15.2. The van der Waals surface area contributed by atoms with Gasteiger partial charge in [0.25, 0.3) is 0 Å². The first kappa shape index (κ1) is 17.8. The van der Waals surface area contributed by atoms with Crippen LogP contribution in [0.3, 0.4) is 0 Å². The molecular weight excluding hydrogens is 359 g/mol. The van der Waals surface area contributed by atoms with Crippen molar-refractivity contribution in [2.45, 2.75) is 13.3 Å². The fraction of sp³-hybridized carbons (Fsp3) is 0.263. The van der Waals surface area contributed by atoms with E-state index in [1.165, 1.54) is 0 Å². The van der Waals surface area contributed by atoms with Crippen LogP contribution in [0.4, 0.5) is 11.4 Å². The molecule has 0 radical (unpaired) electrons. The smallest absolute Gasteiger partial charge is 0.230 e. The highest BCUT2D eigenvalue weighted by atomic mass is 35.5. The molecule has 130 valence electrons. The van der Waals surface area contributed by atoms with E-state index >= 15 is 0 Å². The highest BCUT2D eigenvalue weighted by molar-refractivity contribution is 6.36. The number of amides is 2. The van der Waals surface area contributed by atoms with Gasteiger partial charge >= 0.3 is 0 Å². The Labute approximate surface area is 156 Å². The molecule has 4 nitrogen and oxygen atoms in total. The number of benzene rings is 2. The van der Waals surface area contributed by atoms with Crippen LogP contribution >= 0.6 is 23.2 Å². The normalized spacial score (nSPS) is 18.5. The molecule has 2 amide bonds. The Hall–Kier alpha value is -2.04. The van der Waals surface area contributed by atoms with Crippen molar-refractivity contribution in [2.24, 2.45) is 11.8 Å². The Balaban J connectivity index is 1.65. The molecular formula is C19H18Cl2N2O2. The van der Waals surface area contributed by atoms with E-state index in [4.69, 9.17) is 23.2 Å². The van der Waals surface area contributed by atoms with Crippen molar-refractivity contribution in [1.29, 1.82) is 0 Å². The number of anilines is 2. The molecule has 2 aromatic rings. The molecule has 1 aliphatic rings.